The zero-order valence-corrected chi connectivity index (χ0v) is 11.7. The van der Waals surface area contributed by atoms with Crippen LogP contribution in [0.25, 0.3) is 0 Å². The third-order valence-corrected chi connectivity index (χ3v) is 3.41. The van der Waals surface area contributed by atoms with Gasteiger partial charge in [-0.05, 0) is 47.9 Å². The summed E-state index contributed by atoms with van der Waals surface area (Å²) >= 11 is 3.55. The lowest BCUT2D eigenvalue weighted by Gasteiger charge is -2.14. The van der Waals surface area contributed by atoms with Crippen molar-refractivity contribution in [3.05, 3.63) is 34.4 Å². The van der Waals surface area contributed by atoms with Crippen LogP contribution in [0.1, 0.15) is 43.0 Å². The van der Waals surface area contributed by atoms with E-state index >= 15 is 0 Å². The van der Waals surface area contributed by atoms with Gasteiger partial charge in [-0.2, -0.15) is 0 Å². The topological polar surface area (TPSA) is 0 Å². The Kier molecular flexibility index (Phi) is 5.38. The van der Waals surface area contributed by atoms with E-state index < -0.39 is 0 Å². The third kappa shape index (κ3) is 3.07. The van der Waals surface area contributed by atoms with E-state index in [2.05, 4.69) is 48.8 Å². The molecule has 1 rings (SSSR count). The molecule has 0 amide bonds. The Morgan fingerprint density at radius 3 is 1.80 bits per heavy atom. The average Bonchev–Trinajstić information content (AvgIpc) is 2.29. The van der Waals surface area contributed by atoms with Crippen LogP contribution in [0.15, 0.2) is 12.1 Å². The SMILES string of the molecule is CCc1cc(CC)c(CCBr)c(CC)c1. The molecule has 1 aromatic carbocycles. The average molecular weight is 269 g/mol. The monoisotopic (exact) mass is 268 g/mol. The van der Waals surface area contributed by atoms with Crippen LogP contribution in [0.2, 0.25) is 0 Å². The van der Waals surface area contributed by atoms with E-state index in [9.17, 15) is 0 Å². The largest absolute Gasteiger partial charge is 0.0924 e. The summed E-state index contributed by atoms with van der Waals surface area (Å²) in [5.41, 5.74) is 6.16. The summed E-state index contributed by atoms with van der Waals surface area (Å²) in [6.07, 6.45) is 4.62. The molecule has 84 valence electrons. The fourth-order valence-electron chi connectivity index (χ4n) is 2.12. The second kappa shape index (κ2) is 6.32. The molecule has 0 saturated carbocycles. The van der Waals surface area contributed by atoms with Crippen molar-refractivity contribution in [1.29, 1.82) is 0 Å². The zero-order valence-electron chi connectivity index (χ0n) is 10.1. The summed E-state index contributed by atoms with van der Waals surface area (Å²) in [7, 11) is 0. The molecule has 0 fully saturated rings. The van der Waals surface area contributed by atoms with E-state index in [1.54, 1.807) is 16.7 Å². The summed E-state index contributed by atoms with van der Waals surface area (Å²) in [6, 6.07) is 4.77. The molecule has 0 aromatic heterocycles. The minimum Gasteiger partial charge on any atom is -0.0924 e. The van der Waals surface area contributed by atoms with Crippen LogP contribution >= 0.6 is 15.9 Å². The first-order valence-electron chi connectivity index (χ1n) is 5.96. The number of halogens is 1. The van der Waals surface area contributed by atoms with Gasteiger partial charge in [-0.1, -0.05) is 48.8 Å². The second-order valence-electron chi connectivity index (χ2n) is 3.89. The second-order valence-corrected chi connectivity index (χ2v) is 4.69. The van der Waals surface area contributed by atoms with Gasteiger partial charge in [-0.25, -0.2) is 0 Å². The number of hydrogen-bond donors (Lipinski definition) is 0. The van der Waals surface area contributed by atoms with Crippen molar-refractivity contribution in [3.63, 3.8) is 0 Å². The molecule has 0 heterocycles. The van der Waals surface area contributed by atoms with E-state index in [-0.39, 0.29) is 0 Å². The first kappa shape index (κ1) is 12.8. The highest BCUT2D eigenvalue weighted by Crippen LogP contribution is 2.21. The molecular formula is C14H21Br. The predicted octanol–water partition coefficient (Wildman–Crippen LogP) is 4.31. The Balaban J connectivity index is 3.19. The van der Waals surface area contributed by atoms with E-state index in [0.29, 0.717) is 0 Å². The Labute approximate surface area is 102 Å². The van der Waals surface area contributed by atoms with Crippen LogP contribution < -0.4 is 0 Å². The maximum absolute atomic E-state index is 3.55. The minimum atomic E-state index is 1.07. The summed E-state index contributed by atoms with van der Waals surface area (Å²) in [4.78, 5) is 0. The number of aryl methyl sites for hydroxylation is 3. The molecule has 0 aliphatic carbocycles. The van der Waals surface area contributed by atoms with Gasteiger partial charge in [0.2, 0.25) is 0 Å². The van der Waals surface area contributed by atoms with Crippen LogP contribution in [0, 0.1) is 0 Å². The Hall–Kier alpha value is -0.300. The fraction of sp³-hybridized carbons (Fsp3) is 0.571. The Bertz CT molecular complexity index is 290. The van der Waals surface area contributed by atoms with E-state index in [1.165, 1.54) is 5.56 Å². The van der Waals surface area contributed by atoms with Gasteiger partial charge in [0.05, 0.1) is 0 Å². The third-order valence-electron chi connectivity index (χ3n) is 3.01. The molecule has 0 bridgehead atoms. The van der Waals surface area contributed by atoms with Crippen LogP contribution in [-0.4, -0.2) is 5.33 Å². The van der Waals surface area contributed by atoms with Crippen molar-refractivity contribution in [2.45, 2.75) is 46.5 Å². The lowest BCUT2D eigenvalue weighted by atomic mass is 9.92. The summed E-state index contributed by atoms with van der Waals surface area (Å²) in [5, 5.41) is 1.07. The minimum absolute atomic E-state index is 1.07. The van der Waals surface area contributed by atoms with Gasteiger partial charge in [0.1, 0.15) is 0 Å². The lowest BCUT2D eigenvalue weighted by molar-refractivity contribution is 0.969. The molecule has 1 heteroatoms. The quantitative estimate of drug-likeness (QED) is 0.699. The van der Waals surface area contributed by atoms with E-state index in [1.807, 2.05) is 0 Å². The first-order chi connectivity index (χ1) is 7.26. The number of hydrogen-bond acceptors (Lipinski definition) is 0. The molecule has 15 heavy (non-hydrogen) atoms. The Morgan fingerprint density at radius 1 is 0.933 bits per heavy atom. The van der Waals surface area contributed by atoms with E-state index in [0.717, 1.165) is 31.0 Å². The molecule has 0 aliphatic heterocycles. The molecule has 0 atom stereocenters. The number of benzene rings is 1. The predicted molar refractivity (Wildman–Crippen MR) is 72.1 cm³/mol. The zero-order chi connectivity index (χ0) is 11.3. The highest BCUT2D eigenvalue weighted by molar-refractivity contribution is 9.09. The molecule has 0 unspecified atom stereocenters. The van der Waals surface area contributed by atoms with Gasteiger partial charge in [0.15, 0.2) is 0 Å². The van der Waals surface area contributed by atoms with Crippen LogP contribution in [0.3, 0.4) is 0 Å². The summed E-state index contributed by atoms with van der Waals surface area (Å²) in [6.45, 7) is 6.75. The van der Waals surface area contributed by atoms with Gasteiger partial charge in [0, 0.05) is 5.33 Å². The lowest BCUT2D eigenvalue weighted by Crippen LogP contribution is -2.02. The molecule has 0 spiro atoms. The first-order valence-corrected chi connectivity index (χ1v) is 7.08. The van der Waals surface area contributed by atoms with Gasteiger partial charge in [-0.3, -0.25) is 0 Å². The van der Waals surface area contributed by atoms with Crippen molar-refractivity contribution >= 4 is 15.9 Å². The van der Waals surface area contributed by atoms with Gasteiger partial charge in [0.25, 0.3) is 0 Å². The maximum Gasteiger partial charge on any atom is 0.00720 e. The molecule has 1 aromatic rings. The van der Waals surface area contributed by atoms with Crippen molar-refractivity contribution < 1.29 is 0 Å². The van der Waals surface area contributed by atoms with Gasteiger partial charge < -0.3 is 0 Å². The van der Waals surface area contributed by atoms with E-state index in [4.69, 9.17) is 0 Å². The standard InChI is InChI=1S/C14H21Br/c1-4-11-9-12(5-2)14(7-8-15)13(6-3)10-11/h9-10H,4-8H2,1-3H3. The fourth-order valence-corrected chi connectivity index (χ4v) is 2.52. The van der Waals surface area contributed by atoms with Crippen LogP contribution in [0.5, 0.6) is 0 Å². The highest BCUT2D eigenvalue weighted by atomic mass is 79.9. The van der Waals surface area contributed by atoms with Crippen molar-refractivity contribution in [2.75, 3.05) is 5.33 Å². The smallest absolute Gasteiger partial charge is 0.00720 e. The van der Waals surface area contributed by atoms with Crippen LogP contribution in [-0.2, 0) is 25.7 Å². The molecular weight excluding hydrogens is 248 g/mol. The summed E-state index contributed by atoms with van der Waals surface area (Å²) in [5.74, 6) is 0. The van der Waals surface area contributed by atoms with Crippen molar-refractivity contribution in [3.8, 4) is 0 Å². The normalized spacial score (nSPS) is 10.7. The molecule has 0 nitrogen and oxygen atoms in total. The maximum atomic E-state index is 3.55. The molecule has 0 N–H and O–H groups in total. The van der Waals surface area contributed by atoms with Gasteiger partial charge in [-0.15, -0.1) is 0 Å². The summed E-state index contributed by atoms with van der Waals surface area (Å²) < 4.78 is 0. The van der Waals surface area contributed by atoms with Crippen molar-refractivity contribution in [2.24, 2.45) is 0 Å². The number of alkyl halides is 1. The van der Waals surface area contributed by atoms with Crippen LogP contribution in [0.4, 0.5) is 0 Å². The Morgan fingerprint density at radius 2 is 1.47 bits per heavy atom. The highest BCUT2D eigenvalue weighted by Gasteiger charge is 2.07. The molecule has 0 aliphatic rings. The van der Waals surface area contributed by atoms with Crippen molar-refractivity contribution in [1.82, 2.24) is 0 Å². The van der Waals surface area contributed by atoms with Gasteiger partial charge >= 0.3 is 0 Å². The molecule has 0 radical (unpaired) electrons. The molecule has 0 saturated heterocycles. The number of rotatable bonds is 5.